The van der Waals surface area contributed by atoms with E-state index in [4.69, 9.17) is 11.6 Å². The van der Waals surface area contributed by atoms with Gasteiger partial charge in [0.1, 0.15) is 5.82 Å². The Kier molecular flexibility index (Phi) is 4.19. The van der Waals surface area contributed by atoms with Gasteiger partial charge in [-0.2, -0.15) is 0 Å². The highest BCUT2D eigenvalue weighted by Crippen LogP contribution is 2.22. The quantitative estimate of drug-likeness (QED) is 0.868. The number of carbonyl (C=O) groups is 1. The lowest BCUT2D eigenvalue weighted by Crippen LogP contribution is -2.40. The molecule has 0 spiro atoms. The fourth-order valence-corrected chi connectivity index (χ4v) is 2.35. The molecule has 2 atom stereocenters. The van der Waals surface area contributed by atoms with E-state index < -0.39 is 5.82 Å². The molecule has 3 nitrogen and oxygen atoms in total. The molecular formula is C13H16ClFN2O. The normalized spacial score (nSPS) is 23.7. The molecule has 1 aliphatic heterocycles. The maximum absolute atomic E-state index is 13.5. The van der Waals surface area contributed by atoms with Crippen LogP contribution >= 0.6 is 11.6 Å². The second-order valence-electron chi connectivity index (χ2n) is 4.69. The fourth-order valence-electron chi connectivity index (χ4n) is 2.20. The lowest BCUT2D eigenvalue weighted by Gasteiger charge is -2.27. The average Bonchev–Trinajstić information content (AvgIpc) is 2.32. The number of piperidine rings is 1. The lowest BCUT2D eigenvalue weighted by atomic mass is 9.92. The van der Waals surface area contributed by atoms with E-state index in [1.807, 2.05) is 6.92 Å². The highest BCUT2D eigenvalue weighted by molar-refractivity contribution is 6.30. The molecule has 1 amide bonds. The van der Waals surface area contributed by atoms with E-state index in [0.717, 1.165) is 19.4 Å². The first kappa shape index (κ1) is 13.3. The predicted octanol–water partition coefficient (Wildman–Crippen LogP) is 2.81. The molecule has 1 aromatic rings. The molecule has 1 aliphatic rings. The third kappa shape index (κ3) is 3.21. The summed E-state index contributed by atoms with van der Waals surface area (Å²) in [5.41, 5.74) is 0.190. The van der Waals surface area contributed by atoms with Crippen LogP contribution in [0.5, 0.6) is 0 Å². The van der Waals surface area contributed by atoms with E-state index in [-0.39, 0.29) is 17.5 Å². The van der Waals surface area contributed by atoms with Crippen LogP contribution in [0.15, 0.2) is 18.2 Å². The Morgan fingerprint density at radius 3 is 3.00 bits per heavy atom. The standard InChI is InChI=1S/C13H16ClFN2O/c1-8-6-9(4-5-16-8)13(18)17-12-3-2-10(14)7-11(12)15/h2-3,7-9,16H,4-6H2,1H3,(H,17,18). The predicted molar refractivity (Wildman–Crippen MR) is 70.2 cm³/mol. The van der Waals surface area contributed by atoms with Gasteiger partial charge in [-0.05, 0) is 44.5 Å². The average molecular weight is 271 g/mol. The lowest BCUT2D eigenvalue weighted by molar-refractivity contribution is -0.120. The Balaban J connectivity index is 2.02. The first-order chi connectivity index (χ1) is 8.56. The molecule has 0 aromatic heterocycles. The molecule has 0 bridgehead atoms. The summed E-state index contributed by atoms with van der Waals surface area (Å²) < 4.78 is 13.5. The second-order valence-corrected chi connectivity index (χ2v) is 5.13. The third-order valence-electron chi connectivity index (χ3n) is 3.18. The SMILES string of the molecule is CC1CC(C(=O)Nc2ccc(Cl)cc2F)CCN1. The molecular weight excluding hydrogens is 255 g/mol. The molecule has 2 N–H and O–H groups in total. The zero-order valence-corrected chi connectivity index (χ0v) is 10.9. The minimum atomic E-state index is -0.502. The molecule has 1 fully saturated rings. The number of hydrogen-bond acceptors (Lipinski definition) is 2. The van der Waals surface area contributed by atoms with Crippen molar-refractivity contribution in [2.75, 3.05) is 11.9 Å². The Labute approximate surface area is 111 Å². The van der Waals surface area contributed by atoms with Gasteiger partial charge in [-0.1, -0.05) is 11.6 Å². The van der Waals surface area contributed by atoms with Crippen LogP contribution in [0, 0.1) is 11.7 Å². The van der Waals surface area contributed by atoms with Crippen molar-refractivity contribution in [2.45, 2.75) is 25.8 Å². The van der Waals surface area contributed by atoms with Gasteiger partial charge >= 0.3 is 0 Å². The van der Waals surface area contributed by atoms with Crippen LogP contribution in [0.4, 0.5) is 10.1 Å². The van der Waals surface area contributed by atoms with Crippen LogP contribution in [-0.4, -0.2) is 18.5 Å². The molecule has 1 heterocycles. The van der Waals surface area contributed by atoms with Crippen molar-refractivity contribution in [3.63, 3.8) is 0 Å². The van der Waals surface area contributed by atoms with E-state index in [2.05, 4.69) is 10.6 Å². The van der Waals surface area contributed by atoms with E-state index in [0.29, 0.717) is 11.1 Å². The molecule has 0 aliphatic carbocycles. The summed E-state index contributed by atoms with van der Waals surface area (Å²) >= 11 is 5.66. The van der Waals surface area contributed by atoms with E-state index in [1.54, 1.807) is 6.07 Å². The van der Waals surface area contributed by atoms with Crippen LogP contribution in [0.3, 0.4) is 0 Å². The number of amides is 1. The smallest absolute Gasteiger partial charge is 0.227 e. The Morgan fingerprint density at radius 1 is 1.56 bits per heavy atom. The largest absolute Gasteiger partial charge is 0.323 e. The van der Waals surface area contributed by atoms with Crippen molar-refractivity contribution in [3.05, 3.63) is 29.0 Å². The topological polar surface area (TPSA) is 41.1 Å². The summed E-state index contributed by atoms with van der Waals surface area (Å²) in [6, 6.07) is 4.57. The molecule has 5 heteroatoms. The summed E-state index contributed by atoms with van der Waals surface area (Å²) in [7, 11) is 0. The molecule has 2 rings (SSSR count). The minimum absolute atomic E-state index is 0.0590. The number of anilines is 1. The zero-order valence-electron chi connectivity index (χ0n) is 10.2. The first-order valence-corrected chi connectivity index (χ1v) is 6.43. The highest BCUT2D eigenvalue weighted by Gasteiger charge is 2.25. The minimum Gasteiger partial charge on any atom is -0.323 e. The Bertz CT molecular complexity index is 453. The van der Waals surface area contributed by atoms with Gasteiger partial charge in [-0.25, -0.2) is 4.39 Å². The van der Waals surface area contributed by atoms with Crippen molar-refractivity contribution in [1.29, 1.82) is 0 Å². The molecule has 1 saturated heterocycles. The highest BCUT2D eigenvalue weighted by atomic mass is 35.5. The van der Waals surface area contributed by atoms with Crippen LogP contribution in [0.25, 0.3) is 0 Å². The summed E-state index contributed by atoms with van der Waals surface area (Å²) in [4.78, 5) is 12.0. The van der Waals surface area contributed by atoms with Crippen LogP contribution in [-0.2, 0) is 4.79 Å². The Hall–Kier alpha value is -1.13. The maximum Gasteiger partial charge on any atom is 0.227 e. The number of rotatable bonds is 2. The van der Waals surface area contributed by atoms with Gasteiger partial charge in [0.15, 0.2) is 0 Å². The van der Waals surface area contributed by atoms with Crippen molar-refractivity contribution in [1.82, 2.24) is 5.32 Å². The summed E-state index contributed by atoms with van der Waals surface area (Å²) in [6.07, 6.45) is 1.56. The fraction of sp³-hybridized carbons (Fsp3) is 0.462. The molecule has 0 saturated carbocycles. The van der Waals surface area contributed by atoms with Gasteiger partial charge in [0.05, 0.1) is 5.69 Å². The van der Waals surface area contributed by atoms with Gasteiger partial charge in [-0.15, -0.1) is 0 Å². The Morgan fingerprint density at radius 2 is 2.33 bits per heavy atom. The maximum atomic E-state index is 13.5. The summed E-state index contributed by atoms with van der Waals surface area (Å²) in [6.45, 7) is 2.87. The van der Waals surface area contributed by atoms with Gasteiger partial charge in [0.2, 0.25) is 5.91 Å². The van der Waals surface area contributed by atoms with E-state index in [1.165, 1.54) is 12.1 Å². The summed E-state index contributed by atoms with van der Waals surface area (Å²) in [5, 5.41) is 6.23. The monoisotopic (exact) mass is 270 g/mol. The van der Waals surface area contributed by atoms with Crippen molar-refractivity contribution in [2.24, 2.45) is 5.92 Å². The molecule has 0 radical (unpaired) electrons. The number of hydrogen-bond donors (Lipinski definition) is 2. The van der Waals surface area contributed by atoms with Crippen LogP contribution < -0.4 is 10.6 Å². The number of benzene rings is 1. The van der Waals surface area contributed by atoms with Crippen LogP contribution in [0.1, 0.15) is 19.8 Å². The van der Waals surface area contributed by atoms with Crippen molar-refractivity contribution < 1.29 is 9.18 Å². The van der Waals surface area contributed by atoms with Crippen LogP contribution in [0.2, 0.25) is 5.02 Å². The second kappa shape index (κ2) is 5.67. The zero-order chi connectivity index (χ0) is 13.1. The van der Waals surface area contributed by atoms with Gasteiger partial charge < -0.3 is 10.6 Å². The molecule has 2 unspecified atom stereocenters. The van der Waals surface area contributed by atoms with E-state index in [9.17, 15) is 9.18 Å². The first-order valence-electron chi connectivity index (χ1n) is 6.05. The number of halogens is 2. The van der Waals surface area contributed by atoms with Crippen molar-refractivity contribution in [3.8, 4) is 0 Å². The molecule has 18 heavy (non-hydrogen) atoms. The third-order valence-corrected chi connectivity index (χ3v) is 3.42. The number of carbonyl (C=O) groups excluding carboxylic acids is 1. The van der Waals surface area contributed by atoms with Crippen molar-refractivity contribution >= 4 is 23.2 Å². The van der Waals surface area contributed by atoms with Gasteiger partial charge in [0.25, 0.3) is 0 Å². The molecule has 98 valence electrons. The van der Waals surface area contributed by atoms with E-state index >= 15 is 0 Å². The van der Waals surface area contributed by atoms with Gasteiger partial charge in [0, 0.05) is 17.0 Å². The summed E-state index contributed by atoms with van der Waals surface area (Å²) in [5.74, 6) is -0.682. The molecule has 1 aromatic carbocycles. The number of nitrogens with one attached hydrogen (secondary N) is 2. The van der Waals surface area contributed by atoms with Gasteiger partial charge in [-0.3, -0.25) is 4.79 Å².